The Labute approximate surface area is 156 Å². The van der Waals surface area contributed by atoms with Crippen LogP contribution < -0.4 is 4.90 Å². The van der Waals surface area contributed by atoms with Crippen molar-refractivity contribution in [2.45, 2.75) is 45.6 Å². The Balaban J connectivity index is 1.89. The number of pyridine rings is 1. The predicted molar refractivity (Wildman–Crippen MR) is 97.9 cm³/mol. The molecule has 1 N–H and O–H groups in total. The lowest BCUT2D eigenvalue weighted by Crippen LogP contribution is -2.25. The normalized spacial score (nSPS) is 17.4. The molecular weight excluding hydrogens is 348 g/mol. The summed E-state index contributed by atoms with van der Waals surface area (Å²) < 4.78 is 7.20. The number of nitrogens with zero attached hydrogens (tertiary/aromatic N) is 6. The summed E-state index contributed by atoms with van der Waals surface area (Å²) in [5.74, 6) is 0.341. The molecule has 1 saturated heterocycles. The fourth-order valence-electron chi connectivity index (χ4n) is 3.76. The van der Waals surface area contributed by atoms with E-state index in [9.17, 15) is 9.90 Å². The van der Waals surface area contributed by atoms with Crippen LogP contribution in [0.2, 0.25) is 0 Å². The van der Waals surface area contributed by atoms with E-state index in [-0.39, 0.29) is 17.5 Å². The first-order valence-corrected chi connectivity index (χ1v) is 9.04. The number of hydrogen-bond donors (Lipinski definition) is 1. The summed E-state index contributed by atoms with van der Waals surface area (Å²) in [7, 11) is 1.81. The van der Waals surface area contributed by atoms with Crippen molar-refractivity contribution in [2.24, 2.45) is 7.05 Å². The van der Waals surface area contributed by atoms with Crippen LogP contribution in [0.1, 0.15) is 66.4 Å². The zero-order valence-corrected chi connectivity index (χ0v) is 15.8. The molecule has 1 atom stereocenters. The molecule has 0 aliphatic carbocycles. The molecule has 3 aromatic rings. The fraction of sp³-hybridized carbons (Fsp3) is 0.500. The maximum Gasteiger partial charge on any atom is 0.339 e. The number of carboxylic acids is 1. The number of aromatic carboxylic acids is 1. The van der Waals surface area contributed by atoms with Gasteiger partial charge >= 0.3 is 5.97 Å². The Morgan fingerprint density at radius 2 is 2.19 bits per heavy atom. The number of anilines is 1. The predicted octanol–water partition coefficient (Wildman–Crippen LogP) is 2.82. The van der Waals surface area contributed by atoms with E-state index in [4.69, 9.17) is 4.52 Å². The monoisotopic (exact) mass is 370 g/mol. The highest BCUT2D eigenvalue weighted by Crippen LogP contribution is 2.41. The third-order valence-electron chi connectivity index (χ3n) is 5.03. The zero-order chi connectivity index (χ0) is 19.3. The average Bonchev–Trinajstić information content (AvgIpc) is 3.33. The van der Waals surface area contributed by atoms with Crippen LogP contribution in [-0.2, 0) is 7.05 Å². The van der Waals surface area contributed by atoms with Crippen LogP contribution in [-0.4, -0.2) is 42.5 Å². The summed E-state index contributed by atoms with van der Waals surface area (Å²) in [6.07, 6.45) is 3.14. The molecule has 4 rings (SSSR count). The van der Waals surface area contributed by atoms with Gasteiger partial charge in [-0.3, -0.25) is 4.68 Å². The molecule has 1 aliphatic heterocycles. The van der Waals surface area contributed by atoms with E-state index in [1.165, 1.54) is 6.20 Å². The lowest BCUT2D eigenvalue weighted by Gasteiger charge is -2.26. The molecule has 0 bridgehead atoms. The Kier molecular flexibility index (Phi) is 4.09. The second-order valence-corrected chi connectivity index (χ2v) is 7.23. The van der Waals surface area contributed by atoms with E-state index in [1.807, 2.05) is 20.8 Å². The zero-order valence-electron chi connectivity index (χ0n) is 15.8. The standard InChI is InChI=1S/C18H22N6O3/c1-9(2)15-20-17(27-22-15)12-6-5-7-24(12)14-11(18(25)26)8-19-16-13(14)10(3)21-23(16)4/h8-9,12H,5-7H2,1-4H3,(H,25,26)/t12-/m0/s1. The van der Waals surface area contributed by atoms with Gasteiger partial charge in [0.15, 0.2) is 11.5 Å². The van der Waals surface area contributed by atoms with Crippen LogP contribution in [0.5, 0.6) is 0 Å². The first kappa shape index (κ1) is 17.4. The second kappa shape index (κ2) is 6.33. The molecular formula is C18H22N6O3. The van der Waals surface area contributed by atoms with Gasteiger partial charge in [0.05, 0.1) is 16.8 Å². The smallest absolute Gasteiger partial charge is 0.339 e. The fourth-order valence-corrected chi connectivity index (χ4v) is 3.76. The molecule has 1 aliphatic rings. The molecule has 0 unspecified atom stereocenters. The molecule has 0 aromatic carbocycles. The number of hydrogen-bond acceptors (Lipinski definition) is 7. The maximum absolute atomic E-state index is 11.9. The van der Waals surface area contributed by atoms with Crippen molar-refractivity contribution in [3.05, 3.63) is 29.2 Å². The van der Waals surface area contributed by atoms with E-state index < -0.39 is 5.97 Å². The molecule has 0 saturated carbocycles. The van der Waals surface area contributed by atoms with E-state index in [0.29, 0.717) is 29.6 Å². The minimum atomic E-state index is -1.01. The van der Waals surface area contributed by atoms with Gasteiger partial charge in [0, 0.05) is 25.7 Å². The van der Waals surface area contributed by atoms with Crippen molar-refractivity contribution < 1.29 is 14.4 Å². The molecule has 4 heterocycles. The minimum absolute atomic E-state index is 0.159. The first-order valence-electron chi connectivity index (χ1n) is 9.04. The summed E-state index contributed by atoms with van der Waals surface area (Å²) in [5, 5.41) is 19.0. The number of carbonyl (C=O) groups is 1. The SMILES string of the molecule is Cc1nn(C)c2ncc(C(=O)O)c(N3CCC[C@H]3c3nc(C(C)C)no3)c12. The van der Waals surface area contributed by atoms with Gasteiger partial charge < -0.3 is 14.5 Å². The summed E-state index contributed by atoms with van der Waals surface area (Å²) in [4.78, 5) is 22.9. The van der Waals surface area contributed by atoms with E-state index in [2.05, 4.69) is 25.1 Å². The Hall–Kier alpha value is -2.97. The molecule has 142 valence electrons. The maximum atomic E-state index is 11.9. The van der Waals surface area contributed by atoms with Crippen LogP contribution in [0.25, 0.3) is 11.0 Å². The second-order valence-electron chi connectivity index (χ2n) is 7.23. The Morgan fingerprint density at radius 3 is 2.85 bits per heavy atom. The molecule has 9 heteroatoms. The third kappa shape index (κ3) is 2.73. The van der Waals surface area contributed by atoms with Gasteiger partial charge in [-0.1, -0.05) is 19.0 Å². The molecule has 0 spiro atoms. The minimum Gasteiger partial charge on any atom is -0.478 e. The number of aryl methyl sites for hydroxylation is 2. The van der Waals surface area contributed by atoms with Gasteiger partial charge in [0.2, 0.25) is 5.89 Å². The Morgan fingerprint density at radius 1 is 1.41 bits per heavy atom. The summed E-state index contributed by atoms with van der Waals surface area (Å²) >= 11 is 0. The first-order chi connectivity index (χ1) is 12.9. The van der Waals surface area contributed by atoms with Gasteiger partial charge in [-0.25, -0.2) is 9.78 Å². The van der Waals surface area contributed by atoms with Gasteiger partial charge in [-0.05, 0) is 19.8 Å². The molecule has 3 aromatic heterocycles. The quantitative estimate of drug-likeness (QED) is 0.746. The molecule has 9 nitrogen and oxygen atoms in total. The summed E-state index contributed by atoms with van der Waals surface area (Å²) in [6, 6.07) is -0.159. The van der Waals surface area contributed by atoms with Gasteiger partial charge in [-0.15, -0.1) is 0 Å². The van der Waals surface area contributed by atoms with Crippen LogP contribution >= 0.6 is 0 Å². The highest BCUT2D eigenvalue weighted by atomic mass is 16.5. The van der Waals surface area contributed by atoms with E-state index in [0.717, 1.165) is 23.9 Å². The molecule has 0 amide bonds. The number of aromatic nitrogens is 5. The van der Waals surface area contributed by atoms with Crippen molar-refractivity contribution in [3.63, 3.8) is 0 Å². The van der Waals surface area contributed by atoms with Gasteiger partial charge in [-0.2, -0.15) is 10.1 Å². The van der Waals surface area contributed by atoms with Crippen molar-refractivity contribution in [2.75, 3.05) is 11.4 Å². The number of carboxylic acid groups (broad SMARTS) is 1. The molecule has 1 fully saturated rings. The van der Waals surface area contributed by atoms with Crippen LogP contribution in [0, 0.1) is 6.92 Å². The lowest BCUT2D eigenvalue weighted by atomic mass is 10.1. The molecule has 27 heavy (non-hydrogen) atoms. The number of rotatable bonds is 4. The van der Waals surface area contributed by atoms with Crippen LogP contribution in [0.4, 0.5) is 5.69 Å². The van der Waals surface area contributed by atoms with Crippen LogP contribution in [0.15, 0.2) is 10.7 Å². The summed E-state index contributed by atoms with van der Waals surface area (Å²) in [6.45, 7) is 6.59. The largest absolute Gasteiger partial charge is 0.478 e. The van der Waals surface area contributed by atoms with Crippen molar-refractivity contribution in [1.29, 1.82) is 0 Å². The van der Waals surface area contributed by atoms with E-state index >= 15 is 0 Å². The van der Waals surface area contributed by atoms with Crippen LogP contribution in [0.3, 0.4) is 0 Å². The summed E-state index contributed by atoms with van der Waals surface area (Å²) in [5.41, 5.74) is 2.20. The van der Waals surface area contributed by atoms with Crippen molar-refractivity contribution in [3.8, 4) is 0 Å². The highest BCUT2D eigenvalue weighted by molar-refractivity contribution is 6.05. The van der Waals surface area contributed by atoms with Crippen molar-refractivity contribution in [1.82, 2.24) is 24.9 Å². The van der Waals surface area contributed by atoms with Gasteiger partial charge in [0.25, 0.3) is 0 Å². The number of fused-ring (bicyclic) bond motifs is 1. The molecule has 0 radical (unpaired) electrons. The Bertz CT molecular complexity index is 1020. The lowest BCUT2D eigenvalue weighted by molar-refractivity contribution is 0.0697. The van der Waals surface area contributed by atoms with Gasteiger partial charge in [0.1, 0.15) is 11.6 Å². The van der Waals surface area contributed by atoms with Crippen molar-refractivity contribution >= 4 is 22.7 Å². The van der Waals surface area contributed by atoms with E-state index in [1.54, 1.807) is 11.7 Å². The third-order valence-corrected chi connectivity index (χ3v) is 5.03. The highest BCUT2D eigenvalue weighted by Gasteiger charge is 2.35. The topological polar surface area (TPSA) is 110 Å². The average molecular weight is 370 g/mol.